The Kier molecular flexibility index (Phi) is 2.63. The molecule has 0 radical (unpaired) electrons. The molecule has 2 heterocycles. The Morgan fingerprint density at radius 2 is 1.62 bits per heavy atom. The van der Waals surface area contributed by atoms with Gasteiger partial charge in [0.15, 0.2) is 5.82 Å². The van der Waals surface area contributed by atoms with Gasteiger partial charge in [-0.05, 0) is 18.2 Å². The lowest BCUT2D eigenvalue weighted by Crippen LogP contribution is -2.14. The van der Waals surface area contributed by atoms with Crippen LogP contribution in [0.3, 0.4) is 0 Å². The summed E-state index contributed by atoms with van der Waals surface area (Å²) in [5.74, 6) is 0.229. The summed E-state index contributed by atoms with van der Waals surface area (Å²) in [6.45, 7) is 0. The van der Waals surface area contributed by atoms with Crippen LogP contribution < -0.4 is 5.14 Å². The number of primary sulfonamides is 1. The molecule has 2 aromatic rings. The fourth-order valence-electron chi connectivity index (χ4n) is 1.21. The number of sulfonamides is 1. The van der Waals surface area contributed by atoms with E-state index in [1.54, 1.807) is 6.07 Å². The summed E-state index contributed by atoms with van der Waals surface area (Å²) < 4.78 is 22.6. The van der Waals surface area contributed by atoms with E-state index in [2.05, 4.69) is 15.0 Å². The lowest BCUT2D eigenvalue weighted by molar-refractivity contribution is 0.597. The van der Waals surface area contributed by atoms with Gasteiger partial charge in [0.25, 0.3) is 0 Å². The molecule has 0 atom stereocenters. The van der Waals surface area contributed by atoms with Crippen molar-refractivity contribution in [1.29, 1.82) is 0 Å². The monoisotopic (exact) mass is 236 g/mol. The third-order valence-electron chi connectivity index (χ3n) is 1.85. The van der Waals surface area contributed by atoms with Crippen molar-refractivity contribution < 1.29 is 8.42 Å². The SMILES string of the molecule is NS(=O)(=O)c1cccnc1-c1ncccn1. The van der Waals surface area contributed by atoms with Crippen molar-refractivity contribution >= 4 is 10.0 Å². The Hall–Kier alpha value is -1.86. The van der Waals surface area contributed by atoms with Crippen molar-refractivity contribution in [3.05, 3.63) is 36.8 Å². The normalized spacial score (nSPS) is 11.3. The maximum absolute atomic E-state index is 11.3. The Balaban J connectivity index is 2.68. The van der Waals surface area contributed by atoms with E-state index < -0.39 is 10.0 Å². The highest BCUT2D eigenvalue weighted by molar-refractivity contribution is 7.89. The van der Waals surface area contributed by atoms with Crippen LogP contribution in [0, 0.1) is 0 Å². The third kappa shape index (κ3) is 2.05. The largest absolute Gasteiger partial charge is 0.251 e. The van der Waals surface area contributed by atoms with Crippen molar-refractivity contribution in [1.82, 2.24) is 15.0 Å². The summed E-state index contributed by atoms with van der Waals surface area (Å²) in [6, 6.07) is 4.49. The van der Waals surface area contributed by atoms with Gasteiger partial charge in [0, 0.05) is 18.6 Å². The van der Waals surface area contributed by atoms with Crippen molar-refractivity contribution in [3.63, 3.8) is 0 Å². The van der Waals surface area contributed by atoms with Crippen LogP contribution in [0.1, 0.15) is 0 Å². The van der Waals surface area contributed by atoms with Crippen LogP contribution in [-0.4, -0.2) is 23.4 Å². The van der Waals surface area contributed by atoms with Gasteiger partial charge in [0.05, 0.1) is 0 Å². The van der Waals surface area contributed by atoms with E-state index in [1.807, 2.05) is 0 Å². The highest BCUT2D eigenvalue weighted by atomic mass is 32.2. The van der Waals surface area contributed by atoms with Crippen molar-refractivity contribution in [2.45, 2.75) is 4.90 Å². The molecule has 2 N–H and O–H groups in total. The Bertz CT molecular complexity index is 598. The van der Waals surface area contributed by atoms with Crippen molar-refractivity contribution in [2.75, 3.05) is 0 Å². The van der Waals surface area contributed by atoms with Gasteiger partial charge in [-0.15, -0.1) is 0 Å². The number of rotatable bonds is 2. The van der Waals surface area contributed by atoms with Gasteiger partial charge in [-0.1, -0.05) is 0 Å². The topological polar surface area (TPSA) is 98.8 Å². The van der Waals surface area contributed by atoms with Gasteiger partial charge in [-0.3, -0.25) is 4.98 Å². The van der Waals surface area contributed by atoms with Crippen LogP contribution in [0.25, 0.3) is 11.5 Å². The van der Waals surface area contributed by atoms with Crippen LogP contribution in [0.5, 0.6) is 0 Å². The van der Waals surface area contributed by atoms with Crippen LogP contribution in [-0.2, 0) is 10.0 Å². The highest BCUT2D eigenvalue weighted by Crippen LogP contribution is 2.19. The Morgan fingerprint density at radius 1 is 1.00 bits per heavy atom. The molecule has 2 rings (SSSR count). The minimum absolute atomic E-state index is 0.0822. The minimum atomic E-state index is -3.82. The smallest absolute Gasteiger partial charge is 0.240 e. The van der Waals surface area contributed by atoms with Crippen molar-refractivity contribution in [3.8, 4) is 11.5 Å². The van der Waals surface area contributed by atoms with Crippen LogP contribution in [0.15, 0.2) is 41.7 Å². The molecule has 82 valence electrons. The Labute approximate surface area is 92.2 Å². The van der Waals surface area contributed by atoms with Gasteiger partial charge in [-0.25, -0.2) is 23.5 Å². The molecule has 0 spiro atoms. The molecule has 0 amide bonds. The molecule has 0 aromatic carbocycles. The molecule has 2 aromatic heterocycles. The van der Waals surface area contributed by atoms with Gasteiger partial charge in [0.2, 0.25) is 10.0 Å². The summed E-state index contributed by atoms with van der Waals surface area (Å²) in [4.78, 5) is 11.7. The maximum Gasteiger partial charge on any atom is 0.240 e. The van der Waals surface area contributed by atoms with E-state index in [9.17, 15) is 8.42 Å². The van der Waals surface area contributed by atoms with E-state index in [1.165, 1.54) is 30.7 Å². The minimum Gasteiger partial charge on any atom is -0.251 e. The molecule has 0 aliphatic rings. The lowest BCUT2D eigenvalue weighted by atomic mass is 10.3. The lowest BCUT2D eigenvalue weighted by Gasteiger charge is -2.03. The Morgan fingerprint density at radius 3 is 2.25 bits per heavy atom. The molecule has 6 nitrogen and oxygen atoms in total. The molecule has 7 heteroatoms. The maximum atomic E-state index is 11.3. The molecule has 0 saturated carbocycles. The van der Waals surface area contributed by atoms with Gasteiger partial charge < -0.3 is 0 Å². The van der Waals surface area contributed by atoms with Gasteiger partial charge in [0.1, 0.15) is 10.6 Å². The quantitative estimate of drug-likeness (QED) is 0.802. The highest BCUT2D eigenvalue weighted by Gasteiger charge is 2.17. The standard InChI is InChI=1S/C9H8N4O2S/c10-16(14,15)7-3-1-4-11-8(7)9-12-5-2-6-13-9/h1-6H,(H2,10,14,15). The molecule has 16 heavy (non-hydrogen) atoms. The van der Waals surface area contributed by atoms with Gasteiger partial charge in [-0.2, -0.15) is 0 Å². The van der Waals surface area contributed by atoms with Crippen molar-refractivity contribution in [2.24, 2.45) is 5.14 Å². The van der Waals surface area contributed by atoms with E-state index in [0.29, 0.717) is 0 Å². The summed E-state index contributed by atoms with van der Waals surface area (Å²) in [5, 5.41) is 5.07. The van der Waals surface area contributed by atoms with E-state index in [-0.39, 0.29) is 16.4 Å². The second kappa shape index (κ2) is 3.95. The first-order chi connectivity index (χ1) is 7.59. The fraction of sp³-hybridized carbons (Fsp3) is 0. The van der Waals surface area contributed by atoms with E-state index >= 15 is 0 Å². The number of nitrogens with two attached hydrogens (primary N) is 1. The second-order valence-corrected chi connectivity index (χ2v) is 4.50. The number of pyridine rings is 1. The molecule has 0 fully saturated rings. The number of nitrogens with zero attached hydrogens (tertiary/aromatic N) is 3. The molecular formula is C9H8N4O2S. The van der Waals surface area contributed by atoms with Crippen LogP contribution >= 0.6 is 0 Å². The van der Waals surface area contributed by atoms with Crippen LogP contribution in [0.4, 0.5) is 0 Å². The first-order valence-electron chi connectivity index (χ1n) is 4.34. The first-order valence-corrected chi connectivity index (χ1v) is 5.89. The number of aromatic nitrogens is 3. The fourth-order valence-corrected chi connectivity index (χ4v) is 1.89. The second-order valence-electron chi connectivity index (χ2n) is 2.97. The molecule has 0 aliphatic carbocycles. The third-order valence-corrected chi connectivity index (χ3v) is 2.80. The summed E-state index contributed by atoms with van der Waals surface area (Å²) in [5.41, 5.74) is 0.158. The molecule has 0 aliphatic heterocycles. The molecule has 0 unspecified atom stereocenters. The zero-order valence-corrected chi connectivity index (χ0v) is 8.92. The zero-order valence-electron chi connectivity index (χ0n) is 8.11. The van der Waals surface area contributed by atoms with E-state index in [0.717, 1.165) is 0 Å². The molecule has 0 saturated heterocycles. The first kappa shape index (κ1) is 10.7. The van der Waals surface area contributed by atoms with Crippen LogP contribution in [0.2, 0.25) is 0 Å². The molecule has 0 bridgehead atoms. The van der Waals surface area contributed by atoms with E-state index in [4.69, 9.17) is 5.14 Å². The molecular weight excluding hydrogens is 228 g/mol. The summed E-state index contributed by atoms with van der Waals surface area (Å²) in [7, 11) is -3.82. The predicted octanol–water partition coefficient (Wildman–Crippen LogP) is 0.186. The average molecular weight is 236 g/mol. The number of hydrogen-bond acceptors (Lipinski definition) is 5. The van der Waals surface area contributed by atoms with Gasteiger partial charge >= 0.3 is 0 Å². The zero-order chi connectivity index (χ0) is 11.6. The average Bonchev–Trinajstić information content (AvgIpc) is 2.29. The summed E-state index contributed by atoms with van der Waals surface area (Å²) >= 11 is 0. The number of hydrogen-bond donors (Lipinski definition) is 1. The summed E-state index contributed by atoms with van der Waals surface area (Å²) in [6.07, 6.45) is 4.47. The predicted molar refractivity (Wildman–Crippen MR) is 56.6 cm³/mol.